The lowest BCUT2D eigenvalue weighted by Crippen LogP contribution is -2.03. The van der Waals surface area contributed by atoms with Crippen LogP contribution in [0.3, 0.4) is 0 Å². The van der Waals surface area contributed by atoms with Crippen LogP contribution in [0.2, 0.25) is 15.1 Å². The smallest absolute Gasteiger partial charge is 0.103 e. The Morgan fingerprint density at radius 1 is 0.941 bits per heavy atom. The molecule has 17 heavy (non-hydrogen) atoms. The van der Waals surface area contributed by atoms with E-state index in [4.69, 9.17) is 39.9 Å². The zero-order valence-corrected chi connectivity index (χ0v) is 10.9. The van der Waals surface area contributed by atoms with Gasteiger partial charge in [-0.05, 0) is 6.07 Å². The third kappa shape index (κ3) is 2.24. The van der Waals surface area contributed by atoms with Crippen molar-refractivity contribution in [2.75, 3.05) is 6.61 Å². The molecule has 2 N–H and O–H groups in total. The summed E-state index contributed by atoms with van der Waals surface area (Å²) in [7, 11) is 0. The van der Waals surface area contributed by atoms with Crippen molar-refractivity contribution in [1.29, 1.82) is 0 Å². The van der Waals surface area contributed by atoms with Crippen molar-refractivity contribution in [1.82, 2.24) is 0 Å². The van der Waals surface area contributed by atoms with Crippen LogP contribution in [0.1, 0.15) is 11.7 Å². The second-order valence-corrected chi connectivity index (χ2v) is 4.79. The van der Waals surface area contributed by atoms with E-state index in [0.717, 1.165) is 5.39 Å². The number of aliphatic hydroxyl groups is 2. The van der Waals surface area contributed by atoms with Gasteiger partial charge in [0.25, 0.3) is 0 Å². The molecule has 0 fully saturated rings. The molecule has 0 heterocycles. The number of fused-ring (bicyclic) bond motifs is 1. The summed E-state index contributed by atoms with van der Waals surface area (Å²) >= 11 is 18.1. The van der Waals surface area contributed by atoms with Crippen molar-refractivity contribution in [3.05, 3.63) is 44.9 Å². The van der Waals surface area contributed by atoms with Crippen LogP contribution in [0, 0.1) is 0 Å². The molecule has 0 aromatic heterocycles. The van der Waals surface area contributed by atoms with E-state index < -0.39 is 6.10 Å². The minimum atomic E-state index is -0.999. The molecule has 1 atom stereocenters. The molecule has 2 rings (SSSR count). The molecular weight excluding hydrogens is 282 g/mol. The van der Waals surface area contributed by atoms with Crippen molar-refractivity contribution < 1.29 is 10.2 Å². The standard InChI is InChI=1S/C12H9Cl3O2/c13-9-4-3-6-7(12(9)15)1-2-8(11(6)14)10(17)5-16/h1-4,10,16-17H,5H2. The van der Waals surface area contributed by atoms with Gasteiger partial charge in [0.2, 0.25) is 0 Å². The van der Waals surface area contributed by atoms with Gasteiger partial charge in [-0.1, -0.05) is 53.0 Å². The fraction of sp³-hybridized carbons (Fsp3) is 0.167. The number of rotatable bonds is 2. The van der Waals surface area contributed by atoms with Crippen LogP contribution in [0.4, 0.5) is 0 Å². The third-order valence-corrected chi connectivity index (χ3v) is 3.82. The third-order valence-electron chi connectivity index (χ3n) is 2.58. The molecule has 0 aliphatic carbocycles. The van der Waals surface area contributed by atoms with Crippen LogP contribution in [0.25, 0.3) is 10.8 Å². The Kier molecular flexibility index (Phi) is 3.81. The summed E-state index contributed by atoms with van der Waals surface area (Å²) in [5.41, 5.74) is 0.472. The highest BCUT2D eigenvalue weighted by Gasteiger charge is 2.14. The Balaban J connectivity index is 2.73. The average molecular weight is 292 g/mol. The number of aliphatic hydroxyl groups excluding tert-OH is 2. The Morgan fingerprint density at radius 2 is 1.53 bits per heavy atom. The first kappa shape index (κ1) is 12.9. The van der Waals surface area contributed by atoms with Crippen molar-refractivity contribution >= 4 is 45.6 Å². The SMILES string of the molecule is OCC(O)c1ccc2c(Cl)c(Cl)ccc2c1Cl. The monoisotopic (exact) mass is 290 g/mol. The summed E-state index contributed by atoms with van der Waals surface area (Å²) in [6.07, 6.45) is -0.999. The first-order chi connectivity index (χ1) is 8.06. The van der Waals surface area contributed by atoms with Crippen LogP contribution >= 0.6 is 34.8 Å². The molecule has 0 aliphatic heterocycles. The summed E-state index contributed by atoms with van der Waals surface area (Å²) in [6.45, 7) is -0.382. The molecule has 0 aliphatic rings. The summed E-state index contributed by atoms with van der Waals surface area (Å²) in [5, 5.41) is 21.2. The van der Waals surface area contributed by atoms with E-state index in [9.17, 15) is 5.11 Å². The minimum absolute atomic E-state index is 0.377. The maximum absolute atomic E-state index is 9.60. The van der Waals surface area contributed by atoms with Crippen LogP contribution < -0.4 is 0 Å². The van der Waals surface area contributed by atoms with E-state index in [1.807, 2.05) is 0 Å². The van der Waals surface area contributed by atoms with Gasteiger partial charge in [0.15, 0.2) is 0 Å². The topological polar surface area (TPSA) is 40.5 Å². The van der Waals surface area contributed by atoms with Crippen molar-refractivity contribution in [3.63, 3.8) is 0 Å². The van der Waals surface area contributed by atoms with Crippen molar-refractivity contribution in [3.8, 4) is 0 Å². The highest BCUT2D eigenvalue weighted by molar-refractivity contribution is 6.46. The molecule has 0 amide bonds. The first-order valence-corrected chi connectivity index (χ1v) is 6.04. The first-order valence-electron chi connectivity index (χ1n) is 4.91. The van der Waals surface area contributed by atoms with E-state index in [-0.39, 0.29) is 6.61 Å². The Hall–Kier alpha value is -0.510. The molecular formula is C12H9Cl3O2. The van der Waals surface area contributed by atoms with Gasteiger partial charge in [-0.25, -0.2) is 0 Å². The van der Waals surface area contributed by atoms with Crippen molar-refractivity contribution in [2.45, 2.75) is 6.10 Å². The Bertz CT molecular complexity index is 569. The second-order valence-electron chi connectivity index (χ2n) is 3.62. The summed E-state index contributed by atoms with van der Waals surface area (Å²) in [4.78, 5) is 0. The van der Waals surface area contributed by atoms with Gasteiger partial charge >= 0.3 is 0 Å². The molecule has 2 aromatic rings. The second kappa shape index (κ2) is 5.01. The predicted molar refractivity (Wildman–Crippen MR) is 71.0 cm³/mol. The summed E-state index contributed by atoms with van der Waals surface area (Å²) < 4.78 is 0. The van der Waals surface area contributed by atoms with Gasteiger partial charge in [-0.15, -0.1) is 0 Å². The van der Waals surface area contributed by atoms with E-state index in [0.29, 0.717) is 26.0 Å². The van der Waals surface area contributed by atoms with Crippen LogP contribution in [-0.2, 0) is 0 Å². The van der Waals surface area contributed by atoms with E-state index in [1.165, 1.54) is 0 Å². The molecule has 2 nitrogen and oxygen atoms in total. The quantitative estimate of drug-likeness (QED) is 0.883. The molecule has 0 saturated heterocycles. The fourth-order valence-electron chi connectivity index (χ4n) is 1.68. The zero-order chi connectivity index (χ0) is 12.6. The van der Waals surface area contributed by atoms with E-state index in [2.05, 4.69) is 0 Å². The zero-order valence-electron chi connectivity index (χ0n) is 8.62. The Morgan fingerprint density at radius 3 is 2.18 bits per heavy atom. The number of hydrogen-bond donors (Lipinski definition) is 2. The highest BCUT2D eigenvalue weighted by atomic mass is 35.5. The maximum atomic E-state index is 9.60. The lowest BCUT2D eigenvalue weighted by molar-refractivity contribution is 0.0958. The van der Waals surface area contributed by atoms with Crippen LogP contribution in [-0.4, -0.2) is 16.8 Å². The number of halogens is 3. The largest absolute Gasteiger partial charge is 0.393 e. The maximum Gasteiger partial charge on any atom is 0.103 e. The molecule has 90 valence electrons. The highest BCUT2D eigenvalue weighted by Crippen LogP contribution is 2.37. The molecule has 1 unspecified atom stereocenters. The molecule has 2 aromatic carbocycles. The lowest BCUT2D eigenvalue weighted by Gasteiger charge is -2.13. The van der Waals surface area contributed by atoms with E-state index in [1.54, 1.807) is 24.3 Å². The molecule has 0 bridgehead atoms. The Labute approximate surface area is 113 Å². The molecule has 5 heteroatoms. The average Bonchev–Trinajstić information content (AvgIpc) is 2.33. The lowest BCUT2D eigenvalue weighted by atomic mass is 10.0. The summed E-state index contributed by atoms with van der Waals surface area (Å²) in [6, 6.07) is 6.74. The van der Waals surface area contributed by atoms with E-state index >= 15 is 0 Å². The van der Waals surface area contributed by atoms with Gasteiger partial charge in [0, 0.05) is 16.3 Å². The van der Waals surface area contributed by atoms with Crippen molar-refractivity contribution in [2.24, 2.45) is 0 Å². The predicted octanol–water partition coefficient (Wildman–Crippen LogP) is 3.83. The van der Waals surface area contributed by atoms with Gasteiger partial charge in [-0.2, -0.15) is 0 Å². The number of benzene rings is 2. The van der Waals surface area contributed by atoms with Gasteiger partial charge in [0.05, 0.1) is 21.7 Å². The van der Waals surface area contributed by atoms with Crippen LogP contribution in [0.15, 0.2) is 24.3 Å². The molecule has 0 saturated carbocycles. The van der Waals surface area contributed by atoms with Crippen LogP contribution in [0.5, 0.6) is 0 Å². The van der Waals surface area contributed by atoms with Gasteiger partial charge in [0.1, 0.15) is 6.10 Å². The summed E-state index contributed by atoms with van der Waals surface area (Å²) in [5.74, 6) is 0. The van der Waals surface area contributed by atoms with Gasteiger partial charge in [-0.3, -0.25) is 0 Å². The minimum Gasteiger partial charge on any atom is -0.393 e. The van der Waals surface area contributed by atoms with Gasteiger partial charge < -0.3 is 10.2 Å². The fourth-order valence-corrected chi connectivity index (χ4v) is 2.42. The number of hydrogen-bond acceptors (Lipinski definition) is 2. The normalized spacial score (nSPS) is 13.0. The molecule has 0 radical (unpaired) electrons. The molecule has 0 spiro atoms.